The van der Waals surface area contributed by atoms with Crippen molar-refractivity contribution in [3.8, 4) is 0 Å². The van der Waals surface area contributed by atoms with Crippen LogP contribution in [0.15, 0.2) is 17.5 Å². The zero-order valence-electron chi connectivity index (χ0n) is 12.7. The summed E-state index contributed by atoms with van der Waals surface area (Å²) in [6.07, 6.45) is 0.964. The Kier molecular flexibility index (Phi) is 3.82. The maximum atomic E-state index is 6.27. The minimum atomic E-state index is -0.239. The third kappa shape index (κ3) is 2.59. The Hall–Kier alpha value is -0.420. The van der Waals surface area contributed by atoms with Crippen LogP contribution in [0.2, 0.25) is 0 Å². The molecule has 3 nitrogen and oxygen atoms in total. The average Bonchev–Trinajstić information content (AvgIpc) is 2.82. The van der Waals surface area contributed by atoms with E-state index in [9.17, 15) is 0 Å². The van der Waals surface area contributed by atoms with Gasteiger partial charge in [0, 0.05) is 18.0 Å². The number of hydrogen-bond donors (Lipinski definition) is 1. The predicted octanol–water partition coefficient (Wildman–Crippen LogP) is 2.85. The molecule has 2 N–H and O–H groups in total. The fourth-order valence-corrected chi connectivity index (χ4v) is 4.35. The van der Waals surface area contributed by atoms with Gasteiger partial charge in [0.25, 0.3) is 0 Å². The summed E-state index contributed by atoms with van der Waals surface area (Å²) in [4.78, 5) is 3.75. The average molecular weight is 282 g/mol. The molecule has 0 saturated carbocycles. The van der Waals surface area contributed by atoms with Gasteiger partial charge in [0.15, 0.2) is 0 Å². The molecule has 0 amide bonds. The van der Waals surface area contributed by atoms with Crippen molar-refractivity contribution < 1.29 is 4.74 Å². The van der Waals surface area contributed by atoms with Crippen LogP contribution >= 0.6 is 11.3 Å². The van der Waals surface area contributed by atoms with Gasteiger partial charge in [-0.3, -0.25) is 4.90 Å². The maximum absolute atomic E-state index is 6.27. The summed E-state index contributed by atoms with van der Waals surface area (Å²) in [5.74, 6) is 0. The molecule has 0 radical (unpaired) electrons. The standard InChI is InChI=1S/C15H26N2OS/c1-13(2)10-15(11-16,14(3,4)18-13)17(5)9-12-7-6-8-19-12/h6-8H,9-11,16H2,1-5H3. The zero-order valence-corrected chi connectivity index (χ0v) is 13.5. The van der Waals surface area contributed by atoms with Crippen LogP contribution in [0.3, 0.4) is 0 Å². The number of ether oxygens (including phenoxy) is 1. The highest BCUT2D eigenvalue weighted by molar-refractivity contribution is 7.09. The topological polar surface area (TPSA) is 38.5 Å². The lowest BCUT2D eigenvalue weighted by atomic mass is 9.77. The van der Waals surface area contributed by atoms with Crippen LogP contribution in [-0.4, -0.2) is 35.2 Å². The van der Waals surface area contributed by atoms with E-state index < -0.39 is 0 Å². The van der Waals surface area contributed by atoms with Crippen LogP contribution in [0.5, 0.6) is 0 Å². The van der Waals surface area contributed by atoms with E-state index in [-0.39, 0.29) is 16.7 Å². The Morgan fingerprint density at radius 1 is 1.37 bits per heavy atom. The van der Waals surface area contributed by atoms with Gasteiger partial charge in [-0.05, 0) is 52.6 Å². The van der Waals surface area contributed by atoms with E-state index in [1.54, 1.807) is 11.3 Å². The predicted molar refractivity (Wildman–Crippen MR) is 81.4 cm³/mol. The van der Waals surface area contributed by atoms with Gasteiger partial charge < -0.3 is 10.5 Å². The first kappa shape index (κ1) is 15.0. The van der Waals surface area contributed by atoms with Crippen LogP contribution in [0.25, 0.3) is 0 Å². The van der Waals surface area contributed by atoms with Gasteiger partial charge in [-0.2, -0.15) is 0 Å². The molecule has 2 heterocycles. The Morgan fingerprint density at radius 3 is 2.47 bits per heavy atom. The molecule has 2 rings (SSSR count). The first-order valence-electron chi connectivity index (χ1n) is 6.86. The van der Waals surface area contributed by atoms with Crippen LogP contribution in [0.1, 0.15) is 39.0 Å². The summed E-state index contributed by atoms with van der Waals surface area (Å²) in [5.41, 5.74) is 5.71. The van der Waals surface area contributed by atoms with E-state index in [4.69, 9.17) is 10.5 Å². The second kappa shape index (κ2) is 4.85. The largest absolute Gasteiger partial charge is 0.368 e. The van der Waals surface area contributed by atoms with Crippen LogP contribution < -0.4 is 5.73 Å². The molecule has 0 bridgehead atoms. The van der Waals surface area contributed by atoms with Crippen molar-refractivity contribution in [2.24, 2.45) is 5.73 Å². The van der Waals surface area contributed by atoms with Crippen LogP contribution in [0.4, 0.5) is 0 Å². The van der Waals surface area contributed by atoms with Crippen LogP contribution in [-0.2, 0) is 11.3 Å². The summed E-state index contributed by atoms with van der Waals surface area (Å²) >= 11 is 1.80. The number of thiophene rings is 1. The second-order valence-corrected chi connectivity index (χ2v) is 7.75. The van der Waals surface area contributed by atoms with Crippen molar-refractivity contribution >= 4 is 11.3 Å². The lowest BCUT2D eigenvalue weighted by molar-refractivity contribution is -0.101. The van der Waals surface area contributed by atoms with Crippen molar-refractivity contribution in [3.63, 3.8) is 0 Å². The minimum Gasteiger partial charge on any atom is -0.368 e. The van der Waals surface area contributed by atoms with Crippen molar-refractivity contribution in [1.82, 2.24) is 4.90 Å². The molecule has 1 aromatic heterocycles. The summed E-state index contributed by atoms with van der Waals surface area (Å²) in [5, 5.41) is 2.12. The van der Waals surface area contributed by atoms with Gasteiger partial charge in [0.05, 0.1) is 16.7 Å². The van der Waals surface area contributed by atoms with Gasteiger partial charge in [0.1, 0.15) is 0 Å². The van der Waals surface area contributed by atoms with Crippen molar-refractivity contribution in [2.45, 2.75) is 57.4 Å². The molecule has 1 aliphatic rings. The van der Waals surface area contributed by atoms with Gasteiger partial charge in [0.2, 0.25) is 0 Å². The van der Waals surface area contributed by atoms with Gasteiger partial charge in [-0.15, -0.1) is 11.3 Å². The van der Waals surface area contributed by atoms with Gasteiger partial charge >= 0.3 is 0 Å². The van der Waals surface area contributed by atoms with E-state index >= 15 is 0 Å². The lowest BCUT2D eigenvalue weighted by Crippen LogP contribution is -2.61. The van der Waals surface area contributed by atoms with E-state index in [2.05, 4.69) is 57.2 Å². The van der Waals surface area contributed by atoms with Crippen molar-refractivity contribution in [1.29, 1.82) is 0 Å². The Bertz CT molecular complexity index is 427. The number of rotatable bonds is 4. The highest BCUT2D eigenvalue weighted by atomic mass is 32.1. The van der Waals surface area contributed by atoms with Gasteiger partial charge in [-0.1, -0.05) is 6.07 Å². The molecule has 108 valence electrons. The van der Waals surface area contributed by atoms with Crippen LogP contribution in [0, 0.1) is 0 Å². The SMILES string of the molecule is CN(Cc1cccs1)C1(CN)CC(C)(C)OC1(C)C. The monoisotopic (exact) mass is 282 g/mol. The van der Waals surface area contributed by atoms with E-state index in [0.717, 1.165) is 13.0 Å². The third-order valence-electron chi connectivity index (χ3n) is 4.41. The summed E-state index contributed by atoms with van der Waals surface area (Å²) in [6, 6.07) is 4.28. The number of nitrogens with zero attached hydrogens (tertiary/aromatic N) is 1. The minimum absolute atomic E-state index is 0.111. The number of hydrogen-bond acceptors (Lipinski definition) is 4. The number of likely N-dealkylation sites (N-methyl/N-ethyl adjacent to an activating group) is 1. The molecular formula is C15H26N2OS. The molecule has 0 spiro atoms. The summed E-state index contributed by atoms with van der Waals surface area (Å²) < 4.78 is 6.27. The Labute approximate surface area is 120 Å². The zero-order chi connectivity index (χ0) is 14.3. The Morgan fingerprint density at radius 2 is 2.05 bits per heavy atom. The maximum Gasteiger partial charge on any atom is 0.0830 e. The fourth-order valence-electron chi connectivity index (χ4n) is 3.59. The summed E-state index contributed by atoms with van der Waals surface area (Å²) in [6.45, 7) is 10.2. The quantitative estimate of drug-likeness (QED) is 0.923. The molecule has 19 heavy (non-hydrogen) atoms. The highest BCUT2D eigenvalue weighted by Crippen LogP contribution is 2.47. The Balaban J connectivity index is 2.27. The molecular weight excluding hydrogens is 256 g/mol. The molecule has 4 heteroatoms. The molecule has 1 atom stereocenters. The highest BCUT2D eigenvalue weighted by Gasteiger charge is 2.58. The molecule has 1 unspecified atom stereocenters. The molecule has 1 aromatic rings. The van der Waals surface area contributed by atoms with Crippen molar-refractivity contribution in [3.05, 3.63) is 22.4 Å². The normalized spacial score (nSPS) is 29.0. The second-order valence-electron chi connectivity index (χ2n) is 6.72. The fraction of sp³-hybridized carbons (Fsp3) is 0.733. The molecule has 1 saturated heterocycles. The number of nitrogens with two attached hydrogens (primary N) is 1. The van der Waals surface area contributed by atoms with E-state index in [1.807, 2.05) is 0 Å². The first-order chi connectivity index (χ1) is 8.72. The third-order valence-corrected chi connectivity index (χ3v) is 5.27. The molecule has 0 aliphatic carbocycles. The lowest BCUT2D eigenvalue weighted by Gasteiger charge is -2.46. The summed E-state index contributed by atoms with van der Waals surface area (Å²) in [7, 11) is 2.17. The smallest absolute Gasteiger partial charge is 0.0830 e. The molecule has 0 aromatic carbocycles. The van der Waals surface area contributed by atoms with E-state index in [1.165, 1.54) is 4.88 Å². The molecule has 1 fully saturated rings. The van der Waals surface area contributed by atoms with Crippen molar-refractivity contribution in [2.75, 3.05) is 13.6 Å². The first-order valence-corrected chi connectivity index (χ1v) is 7.74. The molecule has 1 aliphatic heterocycles. The van der Waals surface area contributed by atoms with Gasteiger partial charge in [-0.25, -0.2) is 0 Å². The van der Waals surface area contributed by atoms with E-state index in [0.29, 0.717) is 6.54 Å².